The van der Waals surface area contributed by atoms with Gasteiger partial charge in [0.2, 0.25) is 5.78 Å². The van der Waals surface area contributed by atoms with Crippen molar-refractivity contribution >= 4 is 17.8 Å². The van der Waals surface area contributed by atoms with Crippen LogP contribution < -0.4 is 23.7 Å². The molecule has 3 heterocycles. The number of benzene rings is 3. The van der Waals surface area contributed by atoms with Crippen LogP contribution in [0.25, 0.3) is 6.08 Å². The summed E-state index contributed by atoms with van der Waals surface area (Å²) in [6, 6.07) is 16.3. The standard InChI is InChI=1S/C27H20O7/c1-30-17-5-2-15(3-6-17)12-23-26(29)18-7-9-21-25(27(18)34-23)19(14-24(28)33-21)16-4-8-20-22(13-16)32-11-10-31-20/h2-9,12-13,19H,10-11,14H2,1H3/b23-12-/t19-/m0/s1. The minimum Gasteiger partial charge on any atom is -0.497 e. The molecule has 0 radical (unpaired) electrons. The first-order chi connectivity index (χ1) is 16.6. The molecular formula is C27H20O7. The minimum absolute atomic E-state index is 0.123. The van der Waals surface area contributed by atoms with Crippen molar-refractivity contribution in [2.24, 2.45) is 0 Å². The van der Waals surface area contributed by atoms with Crippen molar-refractivity contribution in [3.63, 3.8) is 0 Å². The zero-order valence-corrected chi connectivity index (χ0v) is 18.3. The van der Waals surface area contributed by atoms with E-state index in [0.717, 1.165) is 16.9 Å². The highest BCUT2D eigenvalue weighted by molar-refractivity contribution is 6.15. The summed E-state index contributed by atoms with van der Waals surface area (Å²) in [6.45, 7) is 0.962. The molecule has 0 aliphatic carbocycles. The monoisotopic (exact) mass is 456 g/mol. The van der Waals surface area contributed by atoms with Gasteiger partial charge in [-0.05, 0) is 53.6 Å². The predicted molar refractivity (Wildman–Crippen MR) is 122 cm³/mol. The molecule has 3 aliphatic rings. The quantitative estimate of drug-likeness (QED) is 0.326. The Hall–Kier alpha value is -4.26. The van der Waals surface area contributed by atoms with Gasteiger partial charge in [0.25, 0.3) is 0 Å². The van der Waals surface area contributed by atoms with Crippen LogP contribution in [0.2, 0.25) is 0 Å². The second-order valence-corrected chi connectivity index (χ2v) is 8.20. The molecule has 3 aromatic carbocycles. The third-order valence-electron chi connectivity index (χ3n) is 6.16. The first-order valence-corrected chi connectivity index (χ1v) is 11.0. The average Bonchev–Trinajstić information content (AvgIpc) is 3.18. The van der Waals surface area contributed by atoms with E-state index < -0.39 is 0 Å². The van der Waals surface area contributed by atoms with Gasteiger partial charge in [0.1, 0.15) is 30.5 Å². The van der Waals surface area contributed by atoms with Crippen molar-refractivity contribution in [1.29, 1.82) is 0 Å². The minimum atomic E-state index is -0.352. The lowest BCUT2D eigenvalue weighted by Crippen LogP contribution is -2.22. The number of ether oxygens (including phenoxy) is 5. The number of Topliss-reactive ketones (excluding diaryl/α,β-unsaturated/α-hetero) is 1. The molecular weight excluding hydrogens is 436 g/mol. The largest absolute Gasteiger partial charge is 0.497 e. The molecule has 0 amide bonds. The number of allylic oxidation sites excluding steroid dienone is 1. The van der Waals surface area contributed by atoms with E-state index in [1.54, 1.807) is 25.3 Å². The molecule has 3 aliphatic heterocycles. The summed E-state index contributed by atoms with van der Waals surface area (Å²) in [7, 11) is 1.60. The van der Waals surface area contributed by atoms with Gasteiger partial charge in [-0.25, -0.2) is 0 Å². The SMILES string of the molecule is COc1ccc(/C=C2\Oc3c(ccc4c3[C@H](c3ccc5c(c3)OCCO5)CC(=O)O4)C2=O)cc1. The Labute approximate surface area is 195 Å². The summed E-state index contributed by atoms with van der Waals surface area (Å²) in [6.07, 6.45) is 1.82. The molecule has 7 heteroatoms. The fourth-order valence-electron chi connectivity index (χ4n) is 4.52. The molecule has 6 rings (SSSR count). The fourth-order valence-corrected chi connectivity index (χ4v) is 4.52. The second kappa shape index (κ2) is 7.95. The van der Waals surface area contributed by atoms with E-state index in [0.29, 0.717) is 47.3 Å². The van der Waals surface area contributed by atoms with E-state index >= 15 is 0 Å². The van der Waals surface area contributed by atoms with Gasteiger partial charge in [-0.15, -0.1) is 0 Å². The molecule has 0 bridgehead atoms. The van der Waals surface area contributed by atoms with Crippen LogP contribution in [-0.2, 0) is 4.79 Å². The van der Waals surface area contributed by atoms with Gasteiger partial charge in [0.05, 0.1) is 19.1 Å². The van der Waals surface area contributed by atoms with Crippen molar-refractivity contribution < 1.29 is 33.3 Å². The van der Waals surface area contributed by atoms with Crippen molar-refractivity contribution in [2.75, 3.05) is 20.3 Å². The van der Waals surface area contributed by atoms with Gasteiger partial charge < -0.3 is 23.7 Å². The van der Waals surface area contributed by atoms with E-state index in [1.165, 1.54) is 0 Å². The van der Waals surface area contributed by atoms with Gasteiger partial charge in [-0.1, -0.05) is 18.2 Å². The van der Waals surface area contributed by atoms with E-state index in [9.17, 15) is 9.59 Å². The number of carbonyl (C=O) groups is 2. The Morgan fingerprint density at radius 2 is 1.65 bits per heavy atom. The summed E-state index contributed by atoms with van der Waals surface area (Å²) in [4.78, 5) is 25.6. The molecule has 170 valence electrons. The molecule has 0 unspecified atom stereocenters. The maximum absolute atomic E-state index is 13.1. The normalized spacial score (nSPS) is 19.2. The first-order valence-electron chi connectivity index (χ1n) is 11.0. The van der Waals surface area contributed by atoms with Gasteiger partial charge >= 0.3 is 5.97 Å². The number of hydrogen-bond acceptors (Lipinski definition) is 7. The van der Waals surface area contributed by atoms with Crippen molar-refractivity contribution in [3.05, 3.63) is 82.6 Å². The highest BCUT2D eigenvalue weighted by Gasteiger charge is 2.38. The highest BCUT2D eigenvalue weighted by Crippen LogP contribution is 2.50. The third-order valence-corrected chi connectivity index (χ3v) is 6.16. The van der Waals surface area contributed by atoms with Crippen molar-refractivity contribution in [2.45, 2.75) is 12.3 Å². The summed E-state index contributed by atoms with van der Waals surface area (Å²) < 4.78 is 28.2. The summed E-state index contributed by atoms with van der Waals surface area (Å²) in [5.41, 5.74) is 2.79. The molecule has 0 aromatic heterocycles. The summed E-state index contributed by atoms with van der Waals surface area (Å²) >= 11 is 0. The lowest BCUT2D eigenvalue weighted by molar-refractivity contribution is -0.135. The number of carbonyl (C=O) groups excluding carboxylic acids is 2. The van der Waals surface area contributed by atoms with E-state index in [4.69, 9.17) is 23.7 Å². The van der Waals surface area contributed by atoms with Crippen LogP contribution in [0.3, 0.4) is 0 Å². The number of fused-ring (bicyclic) bond motifs is 4. The van der Waals surface area contributed by atoms with Crippen LogP contribution in [-0.4, -0.2) is 32.1 Å². The second-order valence-electron chi connectivity index (χ2n) is 8.20. The number of ketones is 1. The van der Waals surface area contributed by atoms with Crippen molar-refractivity contribution in [3.8, 4) is 28.7 Å². The molecule has 34 heavy (non-hydrogen) atoms. The third kappa shape index (κ3) is 3.37. The van der Waals surface area contributed by atoms with Crippen LogP contribution in [0, 0.1) is 0 Å². The Balaban J connectivity index is 1.41. The average molecular weight is 456 g/mol. The topological polar surface area (TPSA) is 80.3 Å². The van der Waals surface area contributed by atoms with Crippen LogP contribution in [0.15, 0.2) is 60.4 Å². The van der Waals surface area contributed by atoms with Gasteiger partial charge in [-0.3, -0.25) is 9.59 Å². The molecule has 0 spiro atoms. The highest BCUT2D eigenvalue weighted by atomic mass is 16.6. The summed E-state index contributed by atoms with van der Waals surface area (Å²) in [5, 5.41) is 0. The number of esters is 1. The van der Waals surface area contributed by atoms with E-state index in [-0.39, 0.29) is 29.9 Å². The lowest BCUT2D eigenvalue weighted by Gasteiger charge is -2.27. The number of rotatable bonds is 3. The molecule has 0 saturated heterocycles. The maximum atomic E-state index is 13.1. The van der Waals surface area contributed by atoms with Crippen LogP contribution in [0.1, 0.15) is 39.4 Å². The Morgan fingerprint density at radius 1 is 0.882 bits per heavy atom. The predicted octanol–water partition coefficient (Wildman–Crippen LogP) is 4.52. The van der Waals surface area contributed by atoms with Gasteiger partial charge in [0, 0.05) is 11.5 Å². The molecule has 3 aromatic rings. The lowest BCUT2D eigenvalue weighted by atomic mass is 9.84. The fraction of sp³-hybridized carbons (Fsp3) is 0.185. The van der Waals surface area contributed by atoms with Crippen LogP contribution >= 0.6 is 0 Å². The molecule has 0 saturated carbocycles. The Morgan fingerprint density at radius 3 is 2.44 bits per heavy atom. The smallest absolute Gasteiger partial charge is 0.312 e. The molecule has 7 nitrogen and oxygen atoms in total. The number of methoxy groups -OCH3 is 1. The zero-order valence-electron chi connectivity index (χ0n) is 18.3. The summed E-state index contributed by atoms with van der Waals surface area (Å²) in [5.74, 6) is 2.15. The van der Waals surface area contributed by atoms with Gasteiger partial charge in [0.15, 0.2) is 17.3 Å². The van der Waals surface area contributed by atoms with Crippen molar-refractivity contribution in [1.82, 2.24) is 0 Å². The maximum Gasteiger partial charge on any atom is 0.312 e. The van der Waals surface area contributed by atoms with Crippen LogP contribution in [0.5, 0.6) is 28.7 Å². The molecule has 0 fully saturated rings. The number of hydrogen-bond donors (Lipinski definition) is 0. The van der Waals surface area contributed by atoms with Crippen LogP contribution in [0.4, 0.5) is 0 Å². The Bertz CT molecular complexity index is 1350. The molecule has 1 atom stereocenters. The van der Waals surface area contributed by atoms with E-state index in [2.05, 4.69) is 0 Å². The molecule has 0 N–H and O–H groups in total. The van der Waals surface area contributed by atoms with Gasteiger partial charge in [-0.2, -0.15) is 0 Å². The van der Waals surface area contributed by atoms with E-state index in [1.807, 2.05) is 42.5 Å². The zero-order chi connectivity index (χ0) is 23.2. The first kappa shape index (κ1) is 20.4. The Kier molecular flexibility index (Phi) is 4.76.